The van der Waals surface area contributed by atoms with Crippen molar-refractivity contribution in [2.45, 2.75) is 39.9 Å². The number of ether oxygens (including phenoxy) is 1. The maximum atomic E-state index is 12.1. The third-order valence-corrected chi connectivity index (χ3v) is 3.19. The van der Waals surface area contributed by atoms with Crippen LogP contribution in [0.3, 0.4) is 0 Å². The van der Waals surface area contributed by atoms with Crippen LogP contribution in [0.5, 0.6) is 0 Å². The molecule has 0 radical (unpaired) electrons. The lowest BCUT2D eigenvalue weighted by atomic mass is 10.5. The van der Waals surface area contributed by atoms with Crippen LogP contribution in [0.1, 0.15) is 33.6 Å². The molecule has 106 valence electrons. The molecule has 0 spiro atoms. The van der Waals surface area contributed by atoms with Gasteiger partial charge in [0.25, 0.3) is 0 Å². The van der Waals surface area contributed by atoms with E-state index in [2.05, 4.69) is 6.58 Å². The molecule has 0 fully saturated rings. The number of carbonyl (C=O) groups excluding carboxylic acids is 1. The van der Waals surface area contributed by atoms with E-state index in [1.807, 2.05) is 13.8 Å². The fraction of sp³-hybridized carbons (Fsp3) is 0.727. The second-order valence-electron chi connectivity index (χ2n) is 3.43. The van der Waals surface area contributed by atoms with Gasteiger partial charge in [-0.1, -0.05) is 20.4 Å². The van der Waals surface area contributed by atoms with E-state index in [0.717, 1.165) is 6.08 Å². The molecule has 0 saturated heterocycles. The van der Waals surface area contributed by atoms with Crippen molar-refractivity contribution in [3.63, 3.8) is 0 Å². The zero-order valence-electron chi connectivity index (χ0n) is 11.1. The summed E-state index contributed by atoms with van der Waals surface area (Å²) >= 11 is 0. The van der Waals surface area contributed by atoms with E-state index in [0.29, 0.717) is 12.8 Å². The van der Waals surface area contributed by atoms with Crippen molar-refractivity contribution < 1.29 is 27.7 Å². The highest BCUT2D eigenvalue weighted by Gasteiger charge is 2.30. The highest BCUT2D eigenvalue weighted by molar-refractivity contribution is 7.48. The monoisotopic (exact) mass is 280 g/mol. The first-order chi connectivity index (χ1) is 8.47. The van der Waals surface area contributed by atoms with E-state index in [1.54, 1.807) is 0 Å². The summed E-state index contributed by atoms with van der Waals surface area (Å²) in [6.07, 6.45) is 1.30. The maximum Gasteiger partial charge on any atom is 0.477 e. The van der Waals surface area contributed by atoms with Crippen LogP contribution in [0.4, 0.5) is 0 Å². The van der Waals surface area contributed by atoms with Gasteiger partial charge in [0.1, 0.15) is 0 Å². The van der Waals surface area contributed by atoms with Crippen LogP contribution in [0.15, 0.2) is 12.7 Å². The first-order valence-corrected chi connectivity index (χ1v) is 7.34. The fourth-order valence-corrected chi connectivity index (χ4v) is 2.33. The van der Waals surface area contributed by atoms with Gasteiger partial charge in [-0.25, -0.2) is 13.9 Å². The second kappa shape index (κ2) is 9.28. The molecule has 0 amide bonds. The van der Waals surface area contributed by atoms with Gasteiger partial charge in [-0.2, -0.15) is 0 Å². The third kappa shape index (κ3) is 7.61. The van der Waals surface area contributed by atoms with Gasteiger partial charge in [-0.05, 0) is 19.8 Å². The Morgan fingerprint density at radius 2 is 1.78 bits per heavy atom. The molecular formula is C11H21O6P. The van der Waals surface area contributed by atoms with Gasteiger partial charge in [-0.15, -0.1) is 0 Å². The Morgan fingerprint density at radius 1 is 1.28 bits per heavy atom. The smallest absolute Gasteiger partial charge is 0.432 e. The quantitative estimate of drug-likeness (QED) is 0.265. The summed E-state index contributed by atoms with van der Waals surface area (Å²) in [6, 6.07) is 0. The highest BCUT2D eigenvalue weighted by atomic mass is 31.2. The van der Waals surface area contributed by atoms with E-state index in [-0.39, 0.29) is 13.2 Å². The lowest BCUT2D eigenvalue weighted by Crippen LogP contribution is -2.17. The summed E-state index contributed by atoms with van der Waals surface area (Å²) < 4.78 is 32.0. The van der Waals surface area contributed by atoms with Crippen LogP contribution in [-0.4, -0.2) is 25.5 Å². The van der Waals surface area contributed by atoms with Crippen molar-refractivity contribution in [1.82, 2.24) is 0 Å². The second-order valence-corrected chi connectivity index (χ2v) is 5.05. The number of carbonyl (C=O) groups is 1. The first-order valence-electron chi connectivity index (χ1n) is 5.88. The molecule has 1 atom stereocenters. The summed E-state index contributed by atoms with van der Waals surface area (Å²) in [4.78, 5) is 10.9. The van der Waals surface area contributed by atoms with Crippen molar-refractivity contribution in [2.24, 2.45) is 0 Å². The Kier molecular flexibility index (Phi) is 8.93. The van der Waals surface area contributed by atoms with Crippen LogP contribution in [0, 0.1) is 0 Å². The summed E-state index contributed by atoms with van der Waals surface area (Å²) in [5, 5.41) is 0. The Bertz CT molecular complexity index is 292. The van der Waals surface area contributed by atoms with Gasteiger partial charge in [-0.3, -0.25) is 9.05 Å². The van der Waals surface area contributed by atoms with Crippen LogP contribution in [0.25, 0.3) is 0 Å². The number of phosphoric acid groups is 1. The zero-order chi connectivity index (χ0) is 14.0. The maximum absolute atomic E-state index is 12.1. The summed E-state index contributed by atoms with van der Waals surface area (Å²) in [6.45, 7) is 8.89. The zero-order valence-corrected chi connectivity index (χ0v) is 12.0. The molecule has 0 aliphatic rings. The predicted octanol–water partition coefficient (Wildman–Crippen LogP) is 3.04. The van der Waals surface area contributed by atoms with Crippen molar-refractivity contribution in [2.75, 3.05) is 13.2 Å². The molecule has 0 aliphatic carbocycles. The topological polar surface area (TPSA) is 71.1 Å². The fourth-order valence-electron chi connectivity index (χ4n) is 0.919. The normalized spacial score (nSPS) is 13.1. The van der Waals surface area contributed by atoms with Gasteiger partial charge in [0.15, 0.2) is 0 Å². The molecule has 7 heteroatoms. The largest absolute Gasteiger partial charge is 0.477 e. The summed E-state index contributed by atoms with van der Waals surface area (Å²) in [5.41, 5.74) is 0. The minimum absolute atomic E-state index is 0.239. The Labute approximate surface area is 108 Å². The average Bonchev–Trinajstić information content (AvgIpc) is 2.33. The Hall–Kier alpha value is -0.680. The predicted molar refractivity (Wildman–Crippen MR) is 66.9 cm³/mol. The average molecular weight is 280 g/mol. The molecule has 1 unspecified atom stereocenters. The lowest BCUT2D eigenvalue weighted by Gasteiger charge is -2.21. The van der Waals surface area contributed by atoms with E-state index in [9.17, 15) is 9.36 Å². The van der Waals surface area contributed by atoms with Crippen LogP contribution < -0.4 is 0 Å². The summed E-state index contributed by atoms with van der Waals surface area (Å²) in [5.74, 6) is -0.667. The molecule has 0 saturated carbocycles. The first kappa shape index (κ1) is 17.3. The summed E-state index contributed by atoms with van der Waals surface area (Å²) in [7, 11) is -3.69. The molecule has 0 rings (SSSR count). The number of rotatable bonds is 10. The van der Waals surface area contributed by atoms with E-state index >= 15 is 0 Å². The Balaban J connectivity index is 4.41. The van der Waals surface area contributed by atoms with E-state index in [1.165, 1.54) is 6.92 Å². The number of hydrogen-bond acceptors (Lipinski definition) is 6. The van der Waals surface area contributed by atoms with Crippen LogP contribution in [-0.2, 0) is 27.7 Å². The molecule has 18 heavy (non-hydrogen) atoms. The number of phosphoric ester groups is 1. The SMILES string of the molecule is C=CC(=O)OC(C)OP(=O)(OCCC)OCCC. The highest BCUT2D eigenvalue weighted by Crippen LogP contribution is 2.50. The molecule has 0 aromatic heterocycles. The lowest BCUT2D eigenvalue weighted by molar-refractivity contribution is -0.157. The van der Waals surface area contributed by atoms with Crippen molar-refractivity contribution in [3.8, 4) is 0 Å². The Morgan fingerprint density at radius 3 is 2.17 bits per heavy atom. The minimum atomic E-state index is -3.69. The van der Waals surface area contributed by atoms with Crippen molar-refractivity contribution in [3.05, 3.63) is 12.7 Å². The van der Waals surface area contributed by atoms with E-state index < -0.39 is 20.1 Å². The third-order valence-electron chi connectivity index (χ3n) is 1.63. The van der Waals surface area contributed by atoms with Gasteiger partial charge in [0.05, 0.1) is 13.2 Å². The van der Waals surface area contributed by atoms with Gasteiger partial charge in [0.2, 0.25) is 6.29 Å². The van der Waals surface area contributed by atoms with Crippen molar-refractivity contribution >= 4 is 13.8 Å². The van der Waals surface area contributed by atoms with E-state index in [4.69, 9.17) is 18.3 Å². The molecule has 0 aromatic carbocycles. The molecule has 6 nitrogen and oxygen atoms in total. The molecule has 0 heterocycles. The standard InChI is InChI=1S/C11H21O6P/c1-5-8-14-18(13,15-9-6-2)17-10(4)16-11(12)7-3/h7,10H,3,5-6,8-9H2,1-2,4H3. The van der Waals surface area contributed by atoms with Gasteiger partial charge in [0, 0.05) is 6.08 Å². The van der Waals surface area contributed by atoms with Crippen LogP contribution >= 0.6 is 7.82 Å². The van der Waals surface area contributed by atoms with Crippen LogP contribution in [0.2, 0.25) is 0 Å². The minimum Gasteiger partial charge on any atom is -0.432 e. The van der Waals surface area contributed by atoms with Gasteiger partial charge < -0.3 is 4.74 Å². The molecule has 0 N–H and O–H groups in total. The van der Waals surface area contributed by atoms with Crippen molar-refractivity contribution in [1.29, 1.82) is 0 Å². The molecular weight excluding hydrogens is 259 g/mol. The molecule has 0 aromatic rings. The number of esters is 1. The van der Waals surface area contributed by atoms with Gasteiger partial charge >= 0.3 is 13.8 Å². The number of hydrogen-bond donors (Lipinski definition) is 0. The molecule has 0 bridgehead atoms. The molecule has 0 aliphatic heterocycles.